The molecule has 1 aliphatic rings. The van der Waals surface area contributed by atoms with E-state index in [-0.39, 0.29) is 0 Å². The Balaban J connectivity index is 0.000000174. The molecule has 0 amide bonds. The molecule has 162 valence electrons. The van der Waals surface area contributed by atoms with Crippen molar-refractivity contribution in [2.24, 2.45) is 0 Å². The van der Waals surface area contributed by atoms with Crippen LogP contribution in [0.25, 0.3) is 33.4 Å². The van der Waals surface area contributed by atoms with Crippen LogP contribution < -0.4 is 18.9 Å². The maximum Gasteiger partial charge on any atom is 0.225 e. The molecule has 4 aromatic heterocycles. The van der Waals surface area contributed by atoms with Gasteiger partial charge in [-0.2, -0.15) is 9.97 Å². The molecule has 8 heteroatoms. The summed E-state index contributed by atoms with van der Waals surface area (Å²) in [6, 6.07) is 11.6. The molecular weight excluding hydrogens is 408 g/mol. The minimum Gasteiger partial charge on any atom is -0.481 e. The monoisotopic (exact) mass is 430 g/mol. The number of rotatable bonds is 5. The third kappa shape index (κ3) is 3.90. The number of hydrogen-bond donors (Lipinski definition) is 0. The van der Waals surface area contributed by atoms with Crippen molar-refractivity contribution in [1.82, 2.24) is 19.9 Å². The molecule has 5 rings (SSSR count). The second kappa shape index (κ2) is 9.30. The van der Waals surface area contributed by atoms with E-state index in [2.05, 4.69) is 19.9 Å². The Morgan fingerprint density at radius 3 is 1.34 bits per heavy atom. The summed E-state index contributed by atoms with van der Waals surface area (Å²) in [5, 5.41) is 0. The van der Waals surface area contributed by atoms with Crippen LogP contribution in [0.3, 0.4) is 0 Å². The van der Waals surface area contributed by atoms with Crippen LogP contribution in [-0.2, 0) is 0 Å². The Kier molecular flexibility index (Phi) is 6.12. The van der Waals surface area contributed by atoms with E-state index in [0.29, 0.717) is 23.5 Å². The van der Waals surface area contributed by atoms with Crippen molar-refractivity contribution >= 4 is 0 Å². The normalized spacial score (nSPS) is 10.5. The average molecular weight is 430 g/mol. The molecule has 0 fully saturated rings. The zero-order valence-electron chi connectivity index (χ0n) is 18.2. The maximum atomic E-state index is 5.33. The topological polar surface area (TPSA) is 88.5 Å². The van der Waals surface area contributed by atoms with E-state index >= 15 is 0 Å². The summed E-state index contributed by atoms with van der Waals surface area (Å²) in [6.07, 6.45) is 7.19. The van der Waals surface area contributed by atoms with E-state index in [1.165, 1.54) is 0 Å². The van der Waals surface area contributed by atoms with Crippen molar-refractivity contribution in [1.29, 1.82) is 0 Å². The highest BCUT2D eigenvalue weighted by Crippen LogP contribution is 2.56. The first-order valence-corrected chi connectivity index (χ1v) is 9.77. The van der Waals surface area contributed by atoms with Crippen LogP contribution in [0.2, 0.25) is 0 Å². The van der Waals surface area contributed by atoms with E-state index in [1.54, 1.807) is 40.8 Å². The standard InChI is InChI=1S/C14H14N2O4.C10H8N2/c1-17-9-5-7-8-6-10(18-2)16-14(20-4)12(8)11(7)13(15-9)19-3;1-3-9(7-11-5-1)10-4-2-6-12-8-10/h5-6H,1-4H3;1-8H. The molecule has 0 saturated carbocycles. The van der Waals surface area contributed by atoms with Gasteiger partial charge in [-0.05, 0) is 12.1 Å². The van der Waals surface area contributed by atoms with E-state index in [9.17, 15) is 0 Å². The molecule has 4 aromatic rings. The van der Waals surface area contributed by atoms with E-state index in [1.807, 2.05) is 48.8 Å². The molecule has 0 saturated heterocycles. The van der Waals surface area contributed by atoms with Crippen molar-refractivity contribution in [3.05, 3.63) is 61.2 Å². The lowest BCUT2D eigenvalue weighted by Crippen LogP contribution is -2.08. The van der Waals surface area contributed by atoms with E-state index in [4.69, 9.17) is 18.9 Å². The van der Waals surface area contributed by atoms with Gasteiger partial charge in [-0.25, -0.2) is 0 Å². The molecule has 0 N–H and O–H groups in total. The van der Waals surface area contributed by atoms with E-state index < -0.39 is 0 Å². The van der Waals surface area contributed by atoms with Gasteiger partial charge in [-0.3, -0.25) is 9.97 Å². The third-order valence-corrected chi connectivity index (χ3v) is 4.93. The third-order valence-electron chi connectivity index (χ3n) is 4.93. The van der Waals surface area contributed by atoms with Crippen LogP contribution >= 0.6 is 0 Å². The van der Waals surface area contributed by atoms with Gasteiger partial charge in [0.05, 0.1) is 39.6 Å². The first-order chi connectivity index (χ1) is 15.7. The lowest BCUT2D eigenvalue weighted by Gasteiger charge is -2.27. The Morgan fingerprint density at radius 2 is 1.03 bits per heavy atom. The lowest BCUT2D eigenvalue weighted by atomic mass is 9.82. The quantitative estimate of drug-likeness (QED) is 0.408. The predicted molar refractivity (Wildman–Crippen MR) is 120 cm³/mol. The van der Waals surface area contributed by atoms with Gasteiger partial charge in [-0.1, -0.05) is 12.1 Å². The molecule has 0 atom stereocenters. The molecule has 4 heterocycles. The SMILES string of the molecule is COc1cc2c(c(OC)n1)-c1c-2cc(OC)nc1OC.c1cncc(-c2cccnc2)c1. The number of nitrogens with zero attached hydrogens (tertiary/aromatic N) is 4. The van der Waals surface area contributed by atoms with Crippen LogP contribution in [0.5, 0.6) is 23.5 Å². The zero-order valence-corrected chi connectivity index (χ0v) is 18.2. The smallest absolute Gasteiger partial charge is 0.225 e. The number of aromatic nitrogens is 4. The van der Waals surface area contributed by atoms with Crippen LogP contribution in [0.4, 0.5) is 0 Å². The molecule has 0 unspecified atom stereocenters. The number of methoxy groups -OCH3 is 4. The number of hydrogen-bond acceptors (Lipinski definition) is 8. The first-order valence-electron chi connectivity index (χ1n) is 9.77. The van der Waals surface area contributed by atoms with Gasteiger partial charge < -0.3 is 18.9 Å². The summed E-state index contributed by atoms with van der Waals surface area (Å²) in [6.45, 7) is 0. The zero-order chi connectivity index (χ0) is 22.5. The van der Waals surface area contributed by atoms with E-state index in [0.717, 1.165) is 33.4 Å². The summed E-state index contributed by atoms with van der Waals surface area (Å²) < 4.78 is 21.0. The Labute approximate surface area is 185 Å². The van der Waals surface area contributed by atoms with Gasteiger partial charge in [0.1, 0.15) is 0 Å². The fraction of sp³-hybridized carbons (Fsp3) is 0.167. The number of ether oxygens (including phenoxy) is 4. The van der Waals surface area contributed by atoms with Crippen LogP contribution in [-0.4, -0.2) is 48.4 Å². The highest BCUT2D eigenvalue weighted by molar-refractivity contribution is 6.07. The molecule has 1 aliphatic carbocycles. The summed E-state index contributed by atoms with van der Waals surface area (Å²) in [7, 11) is 6.29. The largest absolute Gasteiger partial charge is 0.481 e. The van der Waals surface area contributed by atoms with Gasteiger partial charge in [0.25, 0.3) is 0 Å². The summed E-state index contributed by atoms with van der Waals surface area (Å²) in [5.41, 5.74) is 5.95. The minimum absolute atomic E-state index is 0.497. The van der Waals surface area contributed by atoms with Gasteiger partial charge in [0.2, 0.25) is 23.5 Å². The van der Waals surface area contributed by atoms with Crippen molar-refractivity contribution in [3.8, 4) is 56.9 Å². The van der Waals surface area contributed by atoms with Gasteiger partial charge in [0, 0.05) is 59.2 Å². The van der Waals surface area contributed by atoms with Crippen LogP contribution in [0.15, 0.2) is 61.2 Å². The lowest BCUT2D eigenvalue weighted by molar-refractivity contribution is 0.360. The summed E-state index contributed by atoms with van der Waals surface area (Å²) in [4.78, 5) is 16.6. The van der Waals surface area contributed by atoms with Crippen molar-refractivity contribution in [2.45, 2.75) is 0 Å². The van der Waals surface area contributed by atoms with Gasteiger partial charge >= 0.3 is 0 Å². The Morgan fingerprint density at radius 1 is 0.594 bits per heavy atom. The highest BCUT2D eigenvalue weighted by atomic mass is 16.5. The molecular formula is C24H22N4O4. The van der Waals surface area contributed by atoms with Crippen LogP contribution in [0, 0.1) is 0 Å². The second-order valence-corrected chi connectivity index (χ2v) is 6.68. The highest BCUT2D eigenvalue weighted by Gasteiger charge is 2.33. The number of pyridine rings is 4. The average Bonchev–Trinajstić information content (AvgIpc) is 2.87. The molecule has 0 aromatic carbocycles. The predicted octanol–water partition coefficient (Wildman–Crippen LogP) is 4.30. The fourth-order valence-electron chi connectivity index (χ4n) is 3.42. The maximum absolute atomic E-state index is 5.33. The molecule has 0 bridgehead atoms. The summed E-state index contributed by atoms with van der Waals surface area (Å²) >= 11 is 0. The fourth-order valence-corrected chi connectivity index (χ4v) is 3.42. The van der Waals surface area contributed by atoms with Crippen molar-refractivity contribution < 1.29 is 18.9 Å². The summed E-state index contributed by atoms with van der Waals surface area (Å²) in [5.74, 6) is 2.00. The molecule has 0 spiro atoms. The van der Waals surface area contributed by atoms with Crippen molar-refractivity contribution in [3.63, 3.8) is 0 Å². The molecule has 0 radical (unpaired) electrons. The Bertz CT molecular complexity index is 1120. The van der Waals surface area contributed by atoms with Crippen LogP contribution in [0.1, 0.15) is 0 Å². The van der Waals surface area contributed by atoms with Gasteiger partial charge in [0.15, 0.2) is 0 Å². The molecule has 8 nitrogen and oxygen atoms in total. The minimum atomic E-state index is 0.497. The van der Waals surface area contributed by atoms with Crippen molar-refractivity contribution in [2.75, 3.05) is 28.4 Å². The molecule has 0 aliphatic heterocycles. The Hall–Kier alpha value is -4.20. The first kappa shape index (κ1) is 21.0. The second-order valence-electron chi connectivity index (χ2n) is 6.68. The molecule has 32 heavy (non-hydrogen) atoms. The number of fused-ring (bicyclic) bond motifs is 4. The van der Waals surface area contributed by atoms with Gasteiger partial charge in [-0.15, -0.1) is 0 Å².